The molecule has 1 rings (SSSR count). The zero-order valence-electron chi connectivity index (χ0n) is 11.7. The van der Waals surface area contributed by atoms with Crippen molar-refractivity contribution in [1.29, 1.82) is 0 Å². The van der Waals surface area contributed by atoms with Crippen LogP contribution in [0.4, 0.5) is 0 Å². The molecule has 1 aromatic carbocycles. The molecule has 1 amide bonds. The van der Waals surface area contributed by atoms with Crippen molar-refractivity contribution in [3.8, 4) is 5.75 Å². The van der Waals surface area contributed by atoms with E-state index >= 15 is 0 Å². The first-order valence-corrected chi connectivity index (χ1v) is 6.45. The molecule has 0 spiro atoms. The maximum Gasteiger partial charge on any atom is 0.257 e. The van der Waals surface area contributed by atoms with E-state index in [0.717, 1.165) is 18.5 Å². The Kier molecular flexibility index (Phi) is 6.92. The van der Waals surface area contributed by atoms with E-state index in [1.807, 2.05) is 38.4 Å². The van der Waals surface area contributed by atoms with Gasteiger partial charge in [0.1, 0.15) is 5.75 Å². The second-order valence-electron chi connectivity index (χ2n) is 4.64. The molecule has 0 fully saturated rings. The van der Waals surface area contributed by atoms with Crippen LogP contribution in [0.25, 0.3) is 0 Å². The lowest BCUT2D eigenvalue weighted by Crippen LogP contribution is -2.31. The maximum absolute atomic E-state index is 11.5. The fraction of sp³-hybridized carbons (Fsp3) is 0.500. The first-order valence-electron chi connectivity index (χ1n) is 6.45. The van der Waals surface area contributed by atoms with Gasteiger partial charge in [-0.25, -0.2) is 0 Å². The van der Waals surface area contributed by atoms with Crippen molar-refractivity contribution in [3.05, 3.63) is 29.8 Å². The summed E-state index contributed by atoms with van der Waals surface area (Å²) in [6, 6.07) is 7.43. The molecular weight excluding hydrogens is 242 g/mol. The van der Waals surface area contributed by atoms with E-state index < -0.39 is 0 Å². The molecular formula is C14H23N3O2. The molecule has 5 heteroatoms. The summed E-state index contributed by atoms with van der Waals surface area (Å²) in [6.45, 7) is 2.19. The van der Waals surface area contributed by atoms with E-state index in [1.165, 1.54) is 0 Å². The Morgan fingerprint density at radius 2 is 2.00 bits per heavy atom. The summed E-state index contributed by atoms with van der Waals surface area (Å²) in [5.74, 6) is 0.585. The molecule has 0 aliphatic carbocycles. The number of carbonyl (C=O) groups is 1. The standard InChI is InChI=1S/C14H23N3O2/c1-17(2)9-3-8-16-14(18)11-19-13-6-4-12(10-15)5-7-13/h4-7H,3,8-11,15H2,1-2H3,(H,16,18). The Balaban J connectivity index is 2.18. The minimum absolute atomic E-state index is 0.0456. The molecule has 0 radical (unpaired) electrons. The summed E-state index contributed by atoms with van der Waals surface area (Å²) >= 11 is 0. The maximum atomic E-state index is 11.5. The molecule has 106 valence electrons. The van der Waals surface area contributed by atoms with Crippen molar-refractivity contribution in [3.63, 3.8) is 0 Å². The van der Waals surface area contributed by atoms with E-state index in [0.29, 0.717) is 18.8 Å². The van der Waals surface area contributed by atoms with Crippen molar-refractivity contribution >= 4 is 5.91 Å². The molecule has 0 aliphatic heterocycles. The number of nitrogens with zero attached hydrogens (tertiary/aromatic N) is 1. The Labute approximate surface area is 114 Å². The SMILES string of the molecule is CN(C)CCCNC(=O)COc1ccc(CN)cc1. The monoisotopic (exact) mass is 265 g/mol. The number of benzene rings is 1. The molecule has 0 aliphatic rings. The molecule has 0 heterocycles. The quantitative estimate of drug-likeness (QED) is 0.675. The van der Waals surface area contributed by atoms with Crippen LogP contribution in [0.2, 0.25) is 0 Å². The lowest BCUT2D eigenvalue weighted by Gasteiger charge is -2.10. The number of carbonyl (C=O) groups excluding carboxylic acids is 1. The topological polar surface area (TPSA) is 67.6 Å². The molecule has 0 saturated carbocycles. The Morgan fingerprint density at radius 3 is 2.58 bits per heavy atom. The van der Waals surface area contributed by atoms with Gasteiger partial charge in [0.05, 0.1) is 0 Å². The smallest absolute Gasteiger partial charge is 0.257 e. The van der Waals surface area contributed by atoms with Crippen molar-refractivity contribution in [1.82, 2.24) is 10.2 Å². The number of amides is 1. The molecule has 19 heavy (non-hydrogen) atoms. The van der Waals surface area contributed by atoms with Gasteiger partial charge in [0.2, 0.25) is 0 Å². The minimum Gasteiger partial charge on any atom is -0.484 e. The Hall–Kier alpha value is -1.59. The normalized spacial score (nSPS) is 10.5. The van der Waals surface area contributed by atoms with E-state index in [-0.39, 0.29) is 12.5 Å². The predicted molar refractivity (Wildman–Crippen MR) is 76.0 cm³/mol. The third kappa shape index (κ3) is 6.79. The molecule has 0 atom stereocenters. The average molecular weight is 265 g/mol. The second kappa shape index (κ2) is 8.50. The molecule has 0 unspecified atom stereocenters. The van der Waals surface area contributed by atoms with Gasteiger partial charge in [-0.3, -0.25) is 4.79 Å². The highest BCUT2D eigenvalue weighted by molar-refractivity contribution is 5.77. The van der Waals surface area contributed by atoms with Gasteiger partial charge in [0.25, 0.3) is 5.91 Å². The summed E-state index contributed by atoms with van der Waals surface area (Å²) in [4.78, 5) is 13.6. The highest BCUT2D eigenvalue weighted by Crippen LogP contribution is 2.11. The number of nitrogens with one attached hydrogen (secondary N) is 1. The number of rotatable bonds is 8. The van der Waals surface area contributed by atoms with Crippen LogP contribution < -0.4 is 15.8 Å². The first kappa shape index (κ1) is 15.5. The summed E-state index contributed by atoms with van der Waals surface area (Å²) in [5.41, 5.74) is 6.55. The van der Waals surface area contributed by atoms with Crippen LogP contribution in [0.3, 0.4) is 0 Å². The average Bonchev–Trinajstić information content (AvgIpc) is 2.41. The van der Waals surface area contributed by atoms with Gasteiger partial charge >= 0.3 is 0 Å². The van der Waals surface area contributed by atoms with Crippen molar-refractivity contribution in [2.75, 3.05) is 33.8 Å². The largest absolute Gasteiger partial charge is 0.484 e. The summed E-state index contributed by atoms with van der Waals surface area (Å²) < 4.78 is 5.38. The van der Waals surface area contributed by atoms with Crippen LogP contribution in [-0.4, -0.2) is 44.6 Å². The predicted octanol–water partition coefficient (Wildman–Crippen LogP) is 0.592. The van der Waals surface area contributed by atoms with Crippen LogP contribution in [0.5, 0.6) is 5.75 Å². The van der Waals surface area contributed by atoms with Crippen LogP contribution in [0, 0.1) is 0 Å². The third-order valence-electron chi connectivity index (χ3n) is 2.63. The third-order valence-corrected chi connectivity index (χ3v) is 2.63. The Morgan fingerprint density at radius 1 is 1.32 bits per heavy atom. The van der Waals surface area contributed by atoms with E-state index in [9.17, 15) is 4.79 Å². The molecule has 1 aromatic rings. The summed E-state index contributed by atoms with van der Waals surface area (Å²) in [7, 11) is 4.02. The van der Waals surface area contributed by atoms with E-state index in [2.05, 4.69) is 10.2 Å². The van der Waals surface area contributed by atoms with Crippen LogP contribution in [0.15, 0.2) is 24.3 Å². The summed E-state index contributed by atoms with van der Waals surface area (Å²) in [6.07, 6.45) is 0.934. The van der Waals surface area contributed by atoms with Gasteiger partial charge in [-0.15, -0.1) is 0 Å². The van der Waals surface area contributed by atoms with Gasteiger partial charge in [-0.05, 0) is 44.8 Å². The fourth-order valence-corrected chi connectivity index (χ4v) is 1.54. The zero-order chi connectivity index (χ0) is 14.1. The molecule has 0 bridgehead atoms. The van der Waals surface area contributed by atoms with Gasteiger partial charge < -0.3 is 20.7 Å². The number of nitrogens with two attached hydrogens (primary N) is 1. The van der Waals surface area contributed by atoms with Crippen LogP contribution in [0.1, 0.15) is 12.0 Å². The Bertz CT molecular complexity index is 377. The van der Waals surface area contributed by atoms with E-state index in [4.69, 9.17) is 10.5 Å². The van der Waals surface area contributed by atoms with Gasteiger partial charge in [0.15, 0.2) is 6.61 Å². The second-order valence-corrected chi connectivity index (χ2v) is 4.64. The highest BCUT2D eigenvalue weighted by Gasteiger charge is 2.02. The lowest BCUT2D eigenvalue weighted by molar-refractivity contribution is -0.123. The van der Waals surface area contributed by atoms with E-state index in [1.54, 1.807) is 0 Å². The number of hydrogen-bond donors (Lipinski definition) is 2. The molecule has 5 nitrogen and oxygen atoms in total. The zero-order valence-corrected chi connectivity index (χ0v) is 11.7. The van der Waals surface area contributed by atoms with Crippen molar-refractivity contribution in [2.24, 2.45) is 5.73 Å². The van der Waals surface area contributed by atoms with Crippen molar-refractivity contribution in [2.45, 2.75) is 13.0 Å². The summed E-state index contributed by atoms with van der Waals surface area (Å²) in [5, 5.41) is 2.82. The highest BCUT2D eigenvalue weighted by atomic mass is 16.5. The van der Waals surface area contributed by atoms with Gasteiger partial charge in [-0.2, -0.15) is 0 Å². The lowest BCUT2D eigenvalue weighted by atomic mass is 10.2. The molecule has 3 N–H and O–H groups in total. The van der Waals surface area contributed by atoms with Crippen LogP contribution in [-0.2, 0) is 11.3 Å². The van der Waals surface area contributed by atoms with Crippen LogP contribution >= 0.6 is 0 Å². The number of hydrogen-bond acceptors (Lipinski definition) is 4. The van der Waals surface area contributed by atoms with Gasteiger partial charge in [-0.1, -0.05) is 12.1 Å². The first-order chi connectivity index (χ1) is 9.11. The molecule has 0 saturated heterocycles. The number of ether oxygens (including phenoxy) is 1. The molecule has 0 aromatic heterocycles. The van der Waals surface area contributed by atoms with Crippen molar-refractivity contribution < 1.29 is 9.53 Å². The van der Waals surface area contributed by atoms with Gasteiger partial charge in [0, 0.05) is 13.1 Å². The minimum atomic E-state index is -0.0957. The fourth-order valence-electron chi connectivity index (χ4n) is 1.54.